The van der Waals surface area contributed by atoms with E-state index in [1.807, 2.05) is 0 Å². The van der Waals surface area contributed by atoms with E-state index in [2.05, 4.69) is 52.9 Å². The average molecular weight is 257 g/mol. The molecule has 0 aromatic heterocycles. The third-order valence-electron chi connectivity index (χ3n) is 2.35. The number of hydrogen-bond acceptors (Lipinski definition) is 2. The fourth-order valence-corrected chi connectivity index (χ4v) is 2.18. The van der Waals surface area contributed by atoms with E-state index in [-0.39, 0.29) is 0 Å². The monoisotopic (exact) mass is 256 g/mol. The van der Waals surface area contributed by atoms with Gasteiger partial charge in [0.25, 0.3) is 0 Å². The minimum atomic E-state index is 0.594. The Morgan fingerprint density at radius 1 is 1.29 bits per heavy atom. The second-order valence-electron chi connectivity index (χ2n) is 3.16. The molecule has 0 fully saturated rings. The van der Waals surface area contributed by atoms with E-state index in [1.165, 1.54) is 5.69 Å². The average Bonchev–Trinajstić information content (AvgIpc) is 2.22. The molecule has 0 aliphatic rings. The summed E-state index contributed by atoms with van der Waals surface area (Å²) in [6.45, 7) is 6.96. The van der Waals surface area contributed by atoms with Crippen LogP contribution in [0.5, 0.6) is 0 Å². The summed E-state index contributed by atoms with van der Waals surface area (Å²) in [6, 6.07) is 6.30. The van der Waals surface area contributed by atoms with Gasteiger partial charge in [-0.1, -0.05) is 6.07 Å². The summed E-state index contributed by atoms with van der Waals surface area (Å²) in [7, 11) is 0. The lowest BCUT2D eigenvalue weighted by Gasteiger charge is -2.22. The van der Waals surface area contributed by atoms with Gasteiger partial charge in [0.15, 0.2) is 0 Å². The second-order valence-corrected chi connectivity index (χ2v) is 4.02. The van der Waals surface area contributed by atoms with Crippen molar-refractivity contribution in [1.29, 1.82) is 0 Å². The Labute approximate surface area is 94.2 Å². The van der Waals surface area contributed by atoms with Crippen molar-refractivity contribution in [3.8, 4) is 0 Å². The molecule has 14 heavy (non-hydrogen) atoms. The predicted octanol–water partition coefficient (Wildman–Crippen LogP) is 2.75. The summed E-state index contributed by atoms with van der Waals surface area (Å²) in [6.07, 6.45) is 0. The molecule has 1 rings (SSSR count). The van der Waals surface area contributed by atoms with Crippen molar-refractivity contribution in [2.24, 2.45) is 5.73 Å². The molecular weight excluding hydrogens is 240 g/mol. The minimum absolute atomic E-state index is 0.594. The van der Waals surface area contributed by atoms with Gasteiger partial charge in [0.05, 0.1) is 5.69 Å². The SMILES string of the molecule is CCN(CC)c1ccc(CN)cc1Br. The van der Waals surface area contributed by atoms with Crippen LogP contribution in [0.4, 0.5) is 5.69 Å². The highest BCUT2D eigenvalue weighted by molar-refractivity contribution is 9.10. The highest BCUT2D eigenvalue weighted by atomic mass is 79.9. The molecule has 0 unspecified atom stereocenters. The molecule has 0 saturated heterocycles. The van der Waals surface area contributed by atoms with Gasteiger partial charge in [0.2, 0.25) is 0 Å². The third kappa shape index (κ3) is 2.49. The second kappa shape index (κ2) is 5.37. The zero-order valence-electron chi connectivity index (χ0n) is 8.76. The largest absolute Gasteiger partial charge is 0.371 e. The lowest BCUT2D eigenvalue weighted by molar-refractivity contribution is 0.862. The normalized spacial score (nSPS) is 10.3. The van der Waals surface area contributed by atoms with Gasteiger partial charge in [0, 0.05) is 24.1 Å². The molecule has 2 nitrogen and oxygen atoms in total. The van der Waals surface area contributed by atoms with E-state index >= 15 is 0 Å². The lowest BCUT2D eigenvalue weighted by atomic mass is 10.2. The van der Waals surface area contributed by atoms with Gasteiger partial charge in [-0.2, -0.15) is 0 Å². The van der Waals surface area contributed by atoms with Crippen molar-refractivity contribution in [1.82, 2.24) is 0 Å². The third-order valence-corrected chi connectivity index (χ3v) is 2.99. The van der Waals surface area contributed by atoms with Gasteiger partial charge in [-0.3, -0.25) is 0 Å². The van der Waals surface area contributed by atoms with Gasteiger partial charge >= 0.3 is 0 Å². The van der Waals surface area contributed by atoms with Crippen LogP contribution < -0.4 is 10.6 Å². The first-order chi connectivity index (χ1) is 6.72. The van der Waals surface area contributed by atoms with E-state index in [1.54, 1.807) is 0 Å². The Morgan fingerprint density at radius 2 is 1.93 bits per heavy atom. The van der Waals surface area contributed by atoms with Gasteiger partial charge in [-0.15, -0.1) is 0 Å². The Hall–Kier alpha value is -0.540. The van der Waals surface area contributed by atoms with Gasteiger partial charge in [-0.05, 0) is 47.5 Å². The Balaban J connectivity index is 2.98. The van der Waals surface area contributed by atoms with Crippen LogP contribution in [0.2, 0.25) is 0 Å². The molecule has 78 valence electrons. The number of hydrogen-bond donors (Lipinski definition) is 1. The fraction of sp³-hybridized carbons (Fsp3) is 0.455. The maximum Gasteiger partial charge on any atom is 0.0510 e. The number of halogens is 1. The highest BCUT2D eigenvalue weighted by Gasteiger charge is 2.06. The molecule has 0 aliphatic carbocycles. The first-order valence-electron chi connectivity index (χ1n) is 4.96. The van der Waals surface area contributed by atoms with Crippen molar-refractivity contribution >= 4 is 21.6 Å². The zero-order valence-corrected chi connectivity index (χ0v) is 10.3. The fourth-order valence-electron chi connectivity index (χ4n) is 1.50. The van der Waals surface area contributed by atoms with Gasteiger partial charge in [-0.25, -0.2) is 0 Å². The number of nitrogens with two attached hydrogens (primary N) is 1. The Morgan fingerprint density at radius 3 is 2.36 bits per heavy atom. The molecule has 0 saturated carbocycles. The van der Waals surface area contributed by atoms with Gasteiger partial charge < -0.3 is 10.6 Å². The van der Waals surface area contributed by atoms with Crippen LogP contribution in [0.3, 0.4) is 0 Å². The molecule has 3 heteroatoms. The summed E-state index contributed by atoms with van der Waals surface area (Å²) in [5, 5.41) is 0. The minimum Gasteiger partial charge on any atom is -0.371 e. The van der Waals surface area contributed by atoms with E-state index < -0.39 is 0 Å². The molecule has 2 N–H and O–H groups in total. The quantitative estimate of drug-likeness (QED) is 0.898. The maximum absolute atomic E-state index is 5.58. The summed E-state index contributed by atoms with van der Waals surface area (Å²) in [4.78, 5) is 2.31. The first kappa shape index (κ1) is 11.5. The van der Waals surface area contributed by atoms with Crippen molar-refractivity contribution in [3.63, 3.8) is 0 Å². The molecule has 0 atom stereocenters. The van der Waals surface area contributed by atoms with E-state index in [9.17, 15) is 0 Å². The van der Waals surface area contributed by atoms with Crippen molar-refractivity contribution in [3.05, 3.63) is 28.2 Å². The van der Waals surface area contributed by atoms with Crippen LogP contribution in [-0.4, -0.2) is 13.1 Å². The number of anilines is 1. The summed E-state index contributed by atoms with van der Waals surface area (Å²) in [5.74, 6) is 0. The van der Waals surface area contributed by atoms with Crippen LogP contribution >= 0.6 is 15.9 Å². The molecule has 1 aromatic rings. The molecule has 0 amide bonds. The Bertz CT molecular complexity index is 295. The van der Waals surface area contributed by atoms with Crippen LogP contribution in [0.15, 0.2) is 22.7 Å². The van der Waals surface area contributed by atoms with Crippen molar-refractivity contribution in [2.45, 2.75) is 20.4 Å². The Kier molecular flexibility index (Phi) is 4.42. The lowest BCUT2D eigenvalue weighted by Crippen LogP contribution is -2.22. The van der Waals surface area contributed by atoms with E-state index in [0.29, 0.717) is 6.54 Å². The summed E-state index contributed by atoms with van der Waals surface area (Å²) in [5.41, 5.74) is 7.98. The van der Waals surface area contributed by atoms with Crippen LogP contribution in [0.25, 0.3) is 0 Å². The molecule has 0 radical (unpaired) electrons. The smallest absolute Gasteiger partial charge is 0.0510 e. The zero-order chi connectivity index (χ0) is 10.6. The maximum atomic E-state index is 5.58. The molecule has 0 aliphatic heterocycles. The number of benzene rings is 1. The molecule has 0 spiro atoms. The molecule has 0 bridgehead atoms. The van der Waals surface area contributed by atoms with E-state index in [4.69, 9.17) is 5.73 Å². The predicted molar refractivity (Wildman–Crippen MR) is 65.6 cm³/mol. The van der Waals surface area contributed by atoms with Gasteiger partial charge in [0.1, 0.15) is 0 Å². The van der Waals surface area contributed by atoms with Crippen LogP contribution in [0.1, 0.15) is 19.4 Å². The standard InChI is InChI=1S/C11H17BrN2/c1-3-14(4-2)11-6-5-9(8-13)7-10(11)12/h5-7H,3-4,8,13H2,1-2H3. The highest BCUT2D eigenvalue weighted by Crippen LogP contribution is 2.26. The van der Waals surface area contributed by atoms with Crippen LogP contribution in [0, 0.1) is 0 Å². The molecule has 0 heterocycles. The number of rotatable bonds is 4. The topological polar surface area (TPSA) is 29.3 Å². The summed E-state index contributed by atoms with van der Waals surface area (Å²) >= 11 is 3.57. The molecule has 1 aromatic carbocycles. The number of nitrogens with zero attached hydrogens (tertiary/aromatic N) is 1. The van der Waals surface area contributed by atoms with Crippen molar-refractivity contribution in [2.75, 3.05) is 18.0 Å². The van der Waals surface area contributed by atoms with E-state index in [0.717, 1.165) is 23.1 Å². The van der Waals surface area contributed by atoms with Crippen molar-refractivity contribution < 1.29 is 0 Å². The van der Waals surface area contributed by atoms with Crippen LogP contribution in [-0.2, 0) is 6.54 Å². The molecular formula is C11H17BrN2. The first-order valence-corrected chi connectivity index (χ1v) is 5.75. The summed E-state index contributed by atoms with van der Waals surface area (Å²) < 4.78 is 1.13.